The van der Waals surface area contributed by atoms with E-state index in [0.29, 0.717) is 5.75 Å². The highest BCUT2D eigenvalue weighted by Crippen LogP contribution is 2.29. The molecule has 0 saturated carbocycles. The number of rotatable bonds is 5. The van der Waals surface area contributed by atoms with E-state index < -0.39 is 0 Å². The summed E-state index contributed by atoms with van der Waals surface area (Å²) in [6, 6.07) is 14.5. The molecule has 0 aliphatic heterocycles. The van der Waals surface area contributed by atoms with E-state index in [1.807, 2.05) is 18.2 Å². The van der Waals surface area contributed by atoms with Gasteiger partial charge < -0.3 is 10.4 Å². The van der Waals surface area contributed by atoms with Gasteiger partial charge in [-0.1, -0.05) is 48.9 Å². The van der Waals surface area contributed by atoms with Crippen LogP contribution in [0, 0.1) is 13.8 Å². The van der Waals surface area contributed by atoms with E-state index in [-0.39, 0.29) is 12.1 Å². The van der Waals surface area contributed by atoms with E-state index in [9.17, 15) is 5.11 Å². The predicted octanol–water partition coefficient (Wildman–Crippen LogP) is 4.81. The summed E-state index contributed by atoms with van der Waals surface area (Å²) >= 11 is 0. The van der Waals surface area contributed by atoms with Crippen LogP contribution >= 0.6 is 0 Å². The molecule has 2 rings (SSSR count). The fraction of sp³-hybridized carbons (Fsp3) is 0.368. The second kappa shape index (κ2) is 6.77. The quantitative estimate of drug-likeness (QED) is 0.825. The molecule has 0 radical (unpaired) electrons. The molecule has 0 heterocycles. The summed E-state index contributed by atoms with van der Waals surface area (Å²) in [5.74, 6) is 0.365. The SMILES string of the molecule is CCC(NC(C)c1ccc(C)cc1C)c1ccccc1O. The van der Waals surface area contributed by atoms with E-state index in [1.165, 1.54) is 16.7 Å². The van der Waals surface area contributed by atoms with Gasteiger partial charge in [-0.15, -0.1) is 0 Å². The van der Waals surface area contributed by atoms with Gasteiger partial charge in [0.2, 0.25) is 0 Å². The smallest absolute Gasteiger partial charge is 0.120 e. The molecular weight excluding hydrogens is 258 g/mol. The average molecular weight is 283 g/mol. The first-order valence-corrected chi connectivity index (χ1v) is 7.64. The van der Waals surface area contributed by atoms with Crippen LogP contribution in [0.25, 0.3) is 0 Å². The van der Waals surface area contributed by atoms with Gasteiger partial charge in [-0.2, -0.15) is 0 Å². The maximum Gasteiger partial charge on any atom is 0.120 e. The Hall–Kier alpha value is -1.80. The van der Waals surface area contributed by atoms with Crippen molar-refractivity contribution in [3.8, 4) is 5.75 Å². The number of nitrogens with one attached hydrogen (secondary N) is 1. The first-order chi connectivity index (χ1) is 10.0. The van der Waals surface area contributed by atoms with Crippen LogP contribution in [-0.2, 0) is 0 Å². The Morgan fingerprint density at radius 3 is 2.38 bits per heavy atom. The van der Waals surface area contributed by atoms with Gasteiger partial charge >= 0.3 is 0 Å². The maximum atomic E-state index is 10.0. The van der Waals surface area contributed by atoms with Crippen molar-refractivity contribution in [1.82, 2.24) is 5.32 Å². The van der Waals surface area contributed by atoms with Crippen molar-refractivity contribution in [2.24, 2.45) is 0 Å². The van der Waals surface area contributed by atoms with Crippen molar-refractivity contribution < 1.29 is 5.11 Å². The lowest BCUT2D eigenvalue weighted by Gasteiger charge is -2.25. The summed E-state index contributed by atoms with van der Waals surface area (Å²) in [5, 5.41) is 13.7. The fourth-order valence-corrected chi connectivity index (χ4v) is 2.91. The van der Waals surface area contributed by atoms with Crippen LogP contribution in [0.2, 0.25) is 0 Å². The third-order valence-electron chi connectivity index (χ3n) is 4.06. The van der Waals surface area contributed by atoms with Crippen LogP contribution in [0.1, 0.15) is 54.6 Å². The highest BCUT2D eigenvalue weighted by Gasteiger charge is 2.17. The summed E-state index contributed by atoms with van der Waals surface area (Å²) in [4.78, 5) is 0. The molecule has 0 bridgehead atoms. The number of aromatic hydroxyl groups is 1. The monoisotopic (exact) mass is 283 g/mol. The molecule has 21 heavy (non-hydrogen) atoms. The zero-order valence-electron chi connectivity index (χ0n) is 13.4. The number of para-hydroxylation sites is 1. The molecule has 0 saturated heterocycles. The molecule has 112 valence electrons. The van der Waals surface area contributed by atoms with Gasteiger partial charge in [0.15, 0.2) is 0 Å². The Morgan fingerprint density at radius 2 is 1.76 bits per heavy atom. The fourth-order valence-electron chi connectivity index (χ4n) is 2.91. The molecule has 0 aliphatic carbocycles. The van der Waals surface area contributed by atoms with Crippen molar-refractivity contribution in [3.05, 3.63) is 64.7 Å². The number of hydrogen-bond donors (Lipinski definition) is 2. The zero-order chi connectivity index (χ0) is 15.4. The molecule has 2 aromatic rings. The highest BCUT2D eigenvalue weighted by molar-refractivity contribution is 5.36. The standard InChI is InChI=1S/C19H25NO/c1-5-18(17-8-6-7-9-19(17)21)20-15(4)16-11-10-13(2)12-14(16)3/h6-12,15,18,20-21H,5H2,1-4H3. The van der Waals surface area contributed by atoms with Gasteiger partial charge in [0.1, 0.15) is 5.75 Å². The van der Waals surface area contributed by atoms with Gasteiger partial charge in [0.05, 0.1) is 0 Å². The maximum absolute atomic E-state index is 10.0. The van der Waals surface area contributed by atoms with E-state index >= 15 is 0 Å². The van der Waals surface area contributed by atoms with Crippen LogP contribution in [0.4, 0.5) is 0 Å². The lowest BCUT2D eigenvalue weighted by atomic mass is 9.97. The second-order valence-corrected chi connectivity index (χ2v) is 5.77. The largest absolute Gasteiger partial charge is 0.508 e. The molecule has 2 aromatic carbocycles. The molecule has 2 nitrogen and oxygen atoms in total. The molecule has 0 fully saturated rings. The summed E-state index contributed by atoms with van der Waals surface area (Å²) < 4.78 is 0. The predicted molar refractivity (Wildman–Crippen MR) is 88.6 cm³/mol. The van der Waals surface area contributed by atoms with Crippen molar-refractivity contribution in [2.75, 3.05) is 0 Å². The Balaban J connectivity index is 2.20. The summed E-state index contributed by atoms with van der Waals surface area (Å²) in [7, 11) is 0. The second-order valence-electron chi connectivity index (χ2n) is 5.77. The van der Waals surface area contributed by atoms with Crippen LogP contribution in [0.5, 0.6) is 5.75 Å². The third-order valence-corrected chi connectivity index (χ3v) is 4.06. The van der Waals surface area contributed by atoms with Crippen molar-refractivity contribution in [2.45, 2.75) is 46.2 Å². The van der Waals surface area contributed by atoms with Gasteiger partial charge in [-0.25, -0.2) is 0 Å². The van der Waals surface area contributed by atoms with E-state index in [1.54, 1.807) is 6.07 Å². The van der Waals surface area contributed by atoms with E-state index in [0.717, 1.165) is 12.0 Å². The van der Waals surface area contributed by atoms with Crippen molar-refractivity contribution in [3.63, 3.8) is 0 Å². The molecule has 2 N–H and O–H groups in total. The number of phenolic OH excluding ortho intramolecular Hbond substituents is 1. The van der Waals surface area contributed by atoms with Crippen molar-refractivity contribution >= 4 is 0 Å². The molecular formula is C19H25NO. The Kier molecular flexibility index (Phi) is 5.03. The van der Waals surface area contributed by atoms with Crippen LogP contribution in [0.3, 0.4) is 0 Å². The number of benzene rings is 2. The van der Waals surface area contributed by atoms with Gasteiger partial charge in [0.25, 0.3) is 0 Å². The molecule has 2 unspecified atom stereocenters. The minimum atomic E-state index is 0.155. The average Bonchev–Trinajstić information content (AvgIpc) is 2.45. The van der Waals surface area contributed by atoms with Gasteiger partial charge in [-0.05, 0) is 44.4 Å². The minimum Gasteiger partial charge on any atom is -0.508 e. The lowest BCUT2D eigenvalue weighted by Crippen LogP contribution is -2.24. The Labute approximate surface area is 127 Å². The van der Waals surface area contributed by atoms with Crippen LogP contribution < -0.4 is 5.32 Å². The highest BCUT2D eigenvalue weighted by atomic mass is 16.3. The van der Waals surface area contributed by atoms with E-state index in [2.05, 4.69) is 51.2 Å². The van der Waals surface area contributed by atoms with Crippen molar-refractivity contribution in [1.29, 1.82) is 0 Å². The molecule has 0 aromatic heterocycles. The Morgan fingerprint density at radius 1 is 1.05 bits per heavy atom. The zero-order valence-corrected chi connectivity index (χ0v) is 13.4. The first kappa shape index (κ1) is 15.6. The van der Waals surface area contributed by atoms with Crippen LogP contribution in [0.15, 0.2) is 42.5 Å². The first-order valence-electron chi connectivity index (χ1n) is 7.64. The number of phenols is 1. The van der Waals surface area contributed by atoms with Gasteiger partial charge in [0, 0.05) is 17.6 Å². The number of aryl methyl sites for hydroxylation is 2. The Bertz CT molecular complexity index is 606. The third kappa shape index (κ3) is 3.64. The molecule has 0 aliphatic rings. The van der Waals surface area contributed by atoms with E-state index in [4.69, 9.17) is 0 Å². The lowest BCUT2D eigenvalue weighted by molar-refractivity contribution is 0.419. The molecule has 0 spiro atoms. The molecule has 2 heteroatoms. The minimum absolute atomic E-state index is 0.155. The summed E-state index contributed by atoms with van der Waals surface area (Å²) in [6.45, 7) is 8.59. The molecule has 2 atom stereocenters. The number of hydrogen-bond acceptors (Lipinski definition) is 2. The van der Waals surface area contributed by atoms with Crippen LogP contribution in [-0.4, -0.2) is 5.11 Å². The van der Waals surface area contributed by atoms with Gasteiger partial charge in [-0.3, -0.25) is 0 Å². The normalized spacial score (nSPS) is 13.9. The summed E-state index contributed by atoms with van der Waals surface area (Å²) in [5.41, 5.74) is 4.88. The molecule has 0 amide bonds. The summed E-state index contributed by atoms with van der Waals surface area (Å²) in [6.07, 6.45) is 0.937. The topological polar surface area (TPSA) is 32.3 Å².